The Labute approximate surface area is 153 Å². The summed E-state index contributed by atoms with van der Waals surface area (Å²) in [6.45, 7) is 8.62. The molecule has 1 fully saturated rings. The number of carbonyl (C=O) groups excluding carboxylic acids is 1. The van der Waals surface area contributed by atoms with E-state index in [1.54, 1.807) is 13.0 Å². The fraction of sp³-hybridized carbons (Fsp3) is 0.400. The lowest BCUT2D eigenvalue weighted by Gasteiger charge is -2.34. The van der Waals surface area contributed by atoms with E-state index in [9.17, 15) is 4.79 Å². The topological polar surface area (TPSA) is 67.1 Å². The van der Waals surface area contributed by atoms with Gasteiger partial charge >= 0.3 is 0 Å². The molecule has 0 unspecified atom stereocenters. The Hall–Kier alpha value is -2.44. The van der Waals surface area contributed by atoms with E-state index < -0.39 is 0 Å². The van der Waals surface area contributed by atoms with E-state index in [2.05, 4.69) is 27.6 Å². The van der Waals surface area contributed by atoms with Gasteiger partial charge in [-0.05, 0) is 32.4 Å². The van der Waals surface area contributed by atoms with E-state index in [4.69, 9.17) is 9.15 Å². The van der Waals surface area contributed by atoms with Crippen molar-refractivity contribution in [3.05, 3.63) is 59.0 Å². The van der Waals surface area contributed by atoms with Crippen LogP contribution in [0.4, 0.5) is 0 Å². The molecule has 6 heteroatoms. The second-order valence-electron chi connectivity index (χ2n) is 6.48. The summed E-state index contributed by atoms with van der Waals surface area (Å²) in [6, 6.07) is 11.9. The summed E-state index contributed by atoms with van der Waals surface area (Å²) in [5, 5.41) is 4.40. The highest BCUT2D eigenvalue weighted by molar-refractivity contribution is 5.97. The average Bonchev–Trinajstić information content (AvgIpc) is 3.00. The van der Waals surface area contributed by atoms with Gasteiger partial charge in [0, 0.05) is 13.1 Å². The molecule has 1 aromatic heterocycles. The largest absolute Gasteiger partial charge is 0.466 e. The summed E-state index contributed by atoms with van der Waals surface area (Å²) in [5.41, 5.74) is 5.18. The number of benzene rings is 1. The number of hydrazone groups is 1. The van der Waals surface area contributed by atoms with Gasteiger partial charge in [-0.2, -0.15) is 5.10 Å². The summed E-state index contributed by atoms with van der Waals surface area (Å²) in [4.78, 5) is 14.7. The third-order valence-corrected chi connectivity index (χ3v) is 4.54. The van der Waals surface area contributed by atoms with Crippen LogP contribution in [0, 0.1) is 13.8 Å². The number of rotatable bonds is 5. The highest BCUT2D eigenvalue weighted by Crippen LogP contribution is 2.23. The normalized spacial score (nSPS) is 17.1. The minimum Gasteiger partial charge on any atom is -0.466 e. The van der Waals surface area contributed by atoms with Gasteiger partial charge in [0.1, 0.15) is 11.5 Å². The van der Waals surface area contributed by atoms with E-state index in [1.807, 2.05) is 32.0 Å². The first-order chi connectivity index (χ1) is 12.6. The van der Waals surface area contributed by atoms with Gasteiger partial charge in [-0.25, -0.2) is 5.43 Å². The Bertz CT molecular complexity index is 777. The molecule has 3 rings (SSSR count). The Morgan fingerprint density at radius 3 is 2.50 bits per heavy atom. The molecule has 1 aromatic carbocycles. The van der Waals surface area contributed by atoms with Gasteiger partial charge in [-0.1, -0.05) is 30.3 Å². The maximum atomic E-state index is 12.4. The van der Waals surface area contributed by atoms with Crippen LogP contribution >= 0.6 is 0 Å². The third-order valence-electron chi connectivity index (χ3n) is 4.54. The van der Waals surface area contributed by atoms with Crippen LogP contribution in [0.2, 0.25) is 0 Å². The van der Waals surface area contributed by atoms with Crippen LogP contribution in [0.3, 0.4) is 0 Å². The number of ether oxygens (including phenoxy) is 1. The van der Waals surface area contributed by atoms with Crippen LogP contribution in [0.25, 0.3) is 0 Å². The van der Waals surface area contributed by atoms with Gasteiger partial charge in [-0.15, -0.1) is 0 Å². The standard InChI is InChI=1S/C20H25N3O3/c1-14-13-18(16(3)26-14)20(24)22-21-15(2)19(17-7-5-4-6-8-17)23-9-11-25-12-10-23/h4-8,13,19H,9-12H2,1-3H3,(H,22,24)/b21-15-/t19-/m0/s1. The minimum atomic E-state index is -0.257. The summed E-state index contributed by atoms with van der Waals surface area (Å²) in [6.07, 6.45) is 0. The van der Waals surface area contributed by atoms with Crippen molar-refractivity contribution in [3.63, 3.8) is 0 Å². The highest BCUT2D eigenvalue weighted by Gasteiger charge is 2.25. The van der Waals surface area contributed by atoms with Crippen molar-refractivity contribution in [2.75, 3.05) is 26.3 Å². The molecular weight excluding hydrogens is 330 g/mol. The van der Waals surface area contributed by atoms with Crippen LogP contribution in [0.15, 0.2) is 45.9 Å². The van der Waals surface area contributed by atoms with E-state index in [0.717, 1.165) is 24.4 Å². The molecule has 138 valence electrons. The van der Waals surface area contributed by atoms with Crippen LogP contribution in [0.5, 0.6) is 0 Å². The molecule has 0 spiro atoms. The smallest absolute Gasteiger partial charge is 0.274 e. The molecule has 1 aliphatic rings. The second-order valence-corrected chi connectivity index (χ2v) is 6.48. The number of morpholine rings is 1. The predicted molar refractivity (Wildman–Crippen MR) is 100 cm³/mol. The molecule has 1 saturated heterocycles. The average molecular weight is 355 g/mol. The van der Waals surface area contributed by atoms with Crippen LogP contribution in [-0.2, 0) is 4.74 Å². The molecule has 1 aliphatic heterocycles. The van der Waals surface area contributed by atoms with Crippen molar-refractivity contribution in [3.8, 4) is 0 Å². The first kappa shape index (κ1) is 18.4. The zero-order valence-electron chi connectivity index (χ0n) is 15.5. The van der Waals surface area contributed by atoms with Crippen molar-refractivity contribution < 1.29 is 13.9 Å². The number of nitrogens with one attached hydrogen (secondary N) is 1. The fourth-order valence-electron chi connectivity index (χ4n) is 3.30. The number of carbonyl (C=O) groups is 1. The molecule has 0 radical (unpaired) electrons. The van der Waals surface area contributed by atoms with E-state index in [1.165, 1.54) is 0 Å². The molecule has 6 nitrogen and oxygen atoms in total. The number of aryl methyl sites for hydroxylation is 2. The van der Waals surface area contributed by atoms with Gasteiger partial charge in [0.05, 0.1) is 30.5 Å². The predicted octanol–water partition coefficient (Wildman–Crippen LogP) is 3.08. The number of hydrogen-bond acceptors (Lipinski definition) is 5. The maximum Gasteiger partial charge on any atom is 0.274 e. The minimum absolute atomic E-state index is 0.00702. The Morgan fingerprint density at radius 2 is 1.88 bits per heavy atom. The third kappa shape index (κ3) is 4.20. The number of hydrogen-bond donors (Lipinski definition) is 1. The maximum absolute atomic E-state index is 12.4. The summed E-state index contributed by atoms with van der Waals surface area (Å²) < 4.78 is 10.9. The summed E-state index contributed by atoms with van der Waals surface area (Å²) >= 11 is 0. The number of amides is 1. The fourth-order valence-corrected chi connectivity index (χ4v) is 3.30. The van der Waals surface area contributed by atoms with E-state index in [0.29, 0.717) is 30.3 Å². The van der Waals surface area contributed by atoms with Crippen molar-refractivity contribution in [2.45, 2.75) is 26.8 Å². The molecule has 2 aromatic rings. The van der Waals surface area contributed by atoms with E-state index >= 15 is 0 Å². The quantitative estimate of drug-likeness (QED) is 0.661. The van der Waals surface area contributed by atoms with Gasteiger partial charge in [0.2, 0.25) is 0 Å². The molecule has 2 heterocycles. The molecule has 1 N–H and O–H groups in total. The van der Waals surface area contributed by atoms with Crippen LogP contribution < -0.4 is 5.43 Å². The molecular formula is C20H25N3O3. The zero-order chi connectivity index (χ0) is 18.5. The Morgan fingerprint density at radius 1 is 1.19 bits per heavy atom. The number of nitrogens with zero attached hydrogens (tertiary/aromatic N) is 2. The molecule has 0 aliphatic carbocycles. The first-order valence-corrected chi connectivity index (χ1v) is 8.84. The second kappa shape index (κ2) is 8.29. The summed E-state index contributed by atoms with van der Waals surface area (Å²) in [5.74, 6) is 1.05. The Kier molecular flexibility index (Phi) is 5.85. The van der Waals surface area contributed by atoms with Crippen molar-refractivity contribution in [1.29, 1.82) is 0 Å². The van der Waals surface area contributed by atoms with Crippen molar-refractivity contribution in [2.24, 2.45) is 5.10 Å². The molecule has 26 heavy (non-hydrogen) atoms. The molecule has 1 amide bonds. The SMILES string of the molecule is C/C(=N/NC(=O)c1cc(C)oc1C)[C@@H](c1ccccc1)N1CCOCC1. The molecule has 1 atom stereocenters. The van der Waals surface area contributed by atoms with Gasteiger partial charge in [0.25, 0.3) is 5.91 Å². The van der Waals surface area contributed by atoms with Crippen LogP contribution in [-0.4, -0.2) is 42.8 Å². The lowest BCUT2D eigenvalue weighted by atomic mass is 10.0. The lowest BCUT2D eigenvalue weighted by molar-refractivity contribution is 0.0285. The van der Waals surface area contributed by atoms with Crippen LogP contribution in [0.1, 0.15) is 40.4 Å². The monoisotopic (exact) mass is 355 g/mol. The van der Waals surface area contributed by atoms with Crippen molar-refractivity contribution in [1.82, 2.24) is 10.3 Å². The summed E-state index contributed by atoms with van der Waals surface area (Å²) in [7, 11) is 0. The van der Waals surface area contributed by atoms with E-state index in [-0.39, 0.29) is 11.9 Å². The zero-order valence-corrected chi connectivity index (χ0v) is 15.5. The van der Waals surface area contributed by atoms with Gasteiger partial charge in [-0.3, -0.25) is 9.69 Å². The Balaban J connectivity index is 1.80. The van der Waals surface area contributed by atoms with Crippen molar-refractivity contribution >= 4 is 11.6 Å². The number of furan rings is 1. The lowest BCUT2D eigenvalue weighted by Crippen LogP contribution is -2.42. The molecule has 0 saturated carbocycles. The molecule has 0 bridgehead atoms. The first-order valence-electron chi connectivity index (χ1n) is 8.84. The highest BCUT2D eigenvalue weighted by atomic mass is 16.5. The van der Waals surface area contributed by atoms with Gasteiger partial charge in [0.15, 0.2) is 0 Å². The van der Waals surface area contributed by atoms with Gasteiger partial charge < -0.3 is 9.15 Å².